The first kappa shape index (κ1) is 21.2. The molecular weight excluding hydrogens is 437 g/mol. The quantitative estimate of drug-likeness (QED) is 0.434. The average Bonchev–Trinajstić information content (AvgIpc) is 2.68. The van der Waals surface area contributed by atoms with Gasteiger partial charge < -0.3 is 0 Å². The summed E-state index contributed by atoms with van der Waals surface area (Å²) in [6.07, 6.45) is 0.468. The molecule has 0 N–H and O–H groups in total. The molecule has 0 heterocycles. The van der Waals surface area contributed by atoms with Crippen molar-refractivity contribution in [2.75, 3.05) is 6.54 Å². The molecule has 3 aromatic carbocycles. The third kappa shape index (κ3) is 5.28. The van der Waals surface area contributed by atoms with Crippen LogP contribution < -0.4 is 0 Å². The zero-order valence-electron chi connectivity index (χ0n) is 14.9. The van der Waals surface area contributed by atoms with E-state index in [2.05, 4.69) is 0 Å². The van der Waals surface area contributed by atoms with Gasteiger partial charge in [0.2, 0.25) is 10.0 Å². The highest BCUT2D eigenvalue weighted by molar-refractivity contribution is 7.89. The van der Waals surface area contributed by atoms with Crippen LogP contribution in [0.15, 0.2) is 77.7 Å². The van der Waals surface area contributed by atoms with E-state index >= 15 is 0 Å². The topological polar surface area (TPSA) is 37.4 Å². The number of sulfonamides is 1. The Morgan fingerprint density at radius 2 is 1.43 bits per heavy atom. The molecule has 3 aromatic rings. The lowest BCUT2D eigenvalue weighted by atomic mass is 10.1. The van der Waals surface area contributed by atoms with Gasteiger partial charge in [-0.25, -0.2) is 8.42 Å². The lowest BCUT2D eigenvalue weighted by Crippen LogP contribution is -2.32. The summed E-state index contributed by atoms with van der Waals surface area (Å²) in [6.45, 7) is 0.515. The molecule has 0 amide bonds. The van der Waals surface area contributed by atoms with Gasteiger partial charge in [0.1, 0.15) is 0 Å². The largest absolute Gasteiger partial charge is 0.243 e. The Kier molecular flexibility index (Phi) is 7.02. The van der Waals surface area contributed by atoms with Crippen molar-refractivity contribution in [1.82, 2.24) is 4.31 Å². The lowest BCUT2D eigenvalue weighted by molar-refractivity contribution is 0.409. The predicted octanol–water partition coefficient (Wildman–Crippen LogP) is 6.08. The first-order valence-corrected chi connectivity index (χ1v) is 11.2. The summed E-state index contributed by atoms with van der Waals surface area (Å²) < 4.78 is 27.9. The van der Waals surface area contributed by atoms with Crippen LogP contribution in [0, 0.1) is 0 Å². The molecular formula is C21H18Cl3NO2S. The molecule has 3 nitrogen and oxygen atoms in total. The summed E-state index contributed by atoms with van der Waals surface area (Å²) in [5, 5.41) is 1.67. The van der Waals surface area contributed by atoms with Crippen LogP contribution >= 0.6 is 34.8 Å². The molecule has 0 radical (unpaired) electrons. The smallest absolute Gasteiger partial charge is 0.207 e. The first-order chi connectivity index (χ1) is 13.4. The minimum Gasteiger partial charge on any atom is -0.207 e. The van der Waals surface area contributed by atoms with E-state index in [-0.39, 0.29) is 18.0 Å². The number of halogens is 3. The van der Waals surface area contributed by atoms with Crippen molar-refractivity contribution in [3.8, 4) is 0 Å². The second-order valence-electron chi connectivity index (χ2n) is 6.26. The molecule has 0 aliphatic rings. The van der Waals surface area contributed by atoms with Crippen molar-refractivity contribution in [3.05, 3.63) is 99.0 Å². The van der Waals surface area contributed by atoms with Crippen molar-refractivity contribution in [1.29, 1.82) is 0 Å². The molecule has 0 atom stereocenters. The maximum Gasteiger partial charge on any atom is 0.243 e. The summed E-state index contributed by atoms with van der Waals surface area (Å²) in [4.78, 5) is 0.256. The monoisotopic (exact) mass is 453 g/mol. The van der Waals surface area contributed by atoms with Gasteiger partial charge in [0, 0.05) is 28.2 Å². The van der Waals surface area contributed by atoms with E-state index in [0.717, 1.165) is 11.1 Å². The zero-order valence-corrected chi connectivity index (χ0v) is 17.9. The van der Waals surface area contributed by atoms with Gasteiger partial charge in [-0.05, 0) is 53.9 Å². The van der Waals surface area contributed by atoms with Crippen molar-refractivity contribution < 1.29 is 8.42 Å². The number of hydrogen-bond donors (Lipinski definition) is 0. The van der Waals surface area contributed by atoms with Crippen LogP contribution in [0.1, 0.15) is 11.1 Å². The normalized spacial score (nSPS) is 11.7. The van der Waals surface area contributed by atoms with Crippen LogP contribution in [-0.4, -0.2) is 19.3 Å². The van der Waals surface area contributed by atoms with Crippen molar-refractivity contribution >= 4 is 44.8 Å². The van der Waals surface area contributed by atoms with E-state index in [1.54, 1.807) is 54.6 Å². The van der Waals surface area contributed by atoms with E-state index in [0.29, 0.717) is 21.5 Å². The van der Waals surface area contributed by atoms with Gasteiger partial charge in [0.05, 0.1) is 4.90 Å². The number of benzene rings is 3. The minimum atomic E-state index is -3.67. The fourth-order valence-corrected chi connectivity index (χ4v) is 4.87. The third-order valence-corrected chi connectivity index (χ3v) is 7.00. The molecule has 0 spiro atoms. The molecule has 7 heteroatoms. The van der Waals surface area contributed by atoms with Crippen molar-refractivity contribution in [2.24, 2.45) is 0 Å². The highest BCUT2D eigenvalue weighted by Crippen LogP contribution is 2.24. The summed E-state index contributed by atoms with van der Waals surface area (Å²) in [5.74, 6) is 0. The fourth-order valence-electron chi connectivity index (χ4n) is 2.79. The van der Waals surface area contributed by atoms with Gasteiger partial charge in [-0.2, -0.15) is 4.31 Å². The van der Waals surface area contributed by atoms with E-state index in [4.69, 9.17) is 34.8 Å². The van der Waals surface area contributed by atoms with Gasteiger partial charge in [-0.1, -0.05) is 71.2 Å². The van der Waals surface area contributed by atoms with Crippen LogP contribution in [0.3, 0.4) is 0 Å². The molecule has 0 fully saturated rings. The number of hydrogen-bond acceptors (Lipinski definition) is 2. The predicted molar refractivity (Wildman–Crippen MR) is 116 cm³/mol. The van der Waals surface area contributed by atoms with Gasteiger partial charge in [-0.3, -0.25) is 0 Å². The highest BCUT2D eigenvalue weighted by Gasteiger charge is 2.24. The summed E-state index contributed by atoms with van der Waals surface area (Å²) in [7, 11) is -3.67. The number of nitrogens with zero attached hydrogens (tertiary/aromatic N) is 1. The Labute approximate surface area is 180 Å². The molecule has 28 heavy (non-hydrogen) atoms. The van der Waals surface area contributed by atoms with Crippen LogP contribution in [0.4, 0.5) is 0 Å². The zero-order chi connectivity index (χ0) is 20.1. The van der Waals surface area contributed by atoms with Crippen molar-refractivity contribution in [2.45, 2.75) is 17.9 Å². The molecule has 0 aliphatic carbocycles. The number of rotatable bonds is 7. The second kappa shape index (κ2) is 9.29. The molecule has 0 aliphatic heterocycles. The first-order valence-electron chi connectivity index (χ1n) is 8.60. The lowest BCUT2D eigenvalue weighted by Gasteiger charge is -2.23. The molecule has 0 unspecified atom stereocenters. The average molecular weight is 455 g/mol. The van der Waals surface area contributed by atoms with Gasteiger partial charge in [-0.15, -0.1) is 0 Å². The van der Waals surface area contributed by atoms with Gasteiger partial charge >= 0.3 is 0 Å². The van der Waals surface area contributed by atoms with E-state index in [1.165, 1.54) is 4.31 Å². The van der Waals surface area contributed by atoms with Gasteiger partial charge in [0.15, 0.2) is 0 Å². The highest BCUT2D eigenvalue weighted by atomic mass is 35.5. The maximum absolute atomic E-state index is 13.2. The fraction of sp³-hybridized carbons (Fsp3) is 0.143. The van der Waals surface area contributed by atoms with E-state index in [9.17, 15) is 8.42 Å². The third-order valence-electron chi connectivity index (χ3n) is 4.30. The Hall–Kier alpha value is -1.56. The standard InChI is InChI=1S/C21H18Cl3NO2S/c22-18-9-6-16(7-10-18)15-25(28(26,27)20-4-2-1-3-5-20)13-12-17-8-11-19(23)14-21(17)24/h1-11,14H,12-13,15H2. The minimum absolute atomic E-state index is 0.236. The molecule has 0 aromatic heterocycles. The molecule has 146 valence electrons. The van der Waals surface area contributed by atoms with E-state index in [1.807, 2.05) is 18.2 Å². The Morgan fingerprint density at radius 3 is 2.07 bits per heavy atom. The van der Waals surface area contributed by atoms with Crippen LogP contribution in [0.5, 0.6) is 0 Å². The summed E-state index contributed by atoms with van der Waals surface area (Å²) in [5.41, 5.74) is 1.70. The second-order valence-corrected chi connectivity index (χ2v) is 9.48. The van der Waals surface area contributed by atoms with Crippen LogP contribution in [0.25, 0.3) is 0 Å². The van der Waals surface area contributed by atoms with E-state index < -0.39 is 10.0 Å². The molecule has 3 rings (SSSR count). The Morgan fingerprint density at radius 1 is 0.786 bits per heavy atom. The van der Waals surface area contributed by atoms with Crippen LogP contribution in [-0.2, 0) is 23.0 Å². The SMILES string of the molecule is O=S(=O)(c1ccccc1)N(CCc1ccc(Cl)cc1Cl)Cc1ccc(Cl)cc1. The Bertz CT molecular complexity index is 1040. The molecule has 0 bridgehead atoms. The summed E-state index contributed by atoms with van der Waals surface area (Å²) in [6, 6.07) is 20.8. The molecule has 0 saturated carbocycles. The summed E-state index contributed by atoms with van der Waals surface area (Å²) >= 11 is 18.2. The molecule has 0 saturated heterocycles. The van der Waals surface area contributed by atoms with Crippen LogP contribution in [0.2, 0.25) is 15.1 Å². The maximum atomic E-state index is 13.2. The Balaban J connectivity index is 1.88. The van der Waals surface area contributed by atoms with Crippen molar-refractivity contribution in [3.63, 3.8) is 0 Å². The van der Waals surface area contributed by atoms with Gasteiger partial charge in [0.25, 0.3) is 0 Å².